The molecular formula is C12H16N2. The van der Waals surface area contributed by atoms with Gasteiger partial charge >= 0.3 is 0 Å². The second kappa shape index (κ2) is 4.80. The van der Waals surface area contributed by atoms with Gasteiger partial charge in [-0.2, -0.15) is 0 Å². The normalized spacial score (nSPS) is 16.7. The van der Waals surface area contributed by atoms with Crippen molar-refractivity contribution in [3.05, 3.63) is 35.9 Å². The van der Waals surface area contributed by atoms with Gasteiger partial charge in [-0.15, -0.1) is 0 Å². The van der Waals surface area contributed by atoms with E-state index in [1.54, 1.807) is 0 Å². The van der Waals surface area contributed by atoms with Crippen molar-refractivity contribution >= 4 is 6.34 Å². The largest absolute Gasteiger partial charge is 0.363 e. The predicted octanol–water partition coefficient (Wildman–Crippen LogP) is 2.31. The molecule has 2 heteroatoms. The summed E-state index contributed by atoms with van der Waals surface area (Å²) in [5, 5.41) is 0. The molecule has 1 fully saturated rings. The Morgan fingerprint density at radius 3 is 2.57 bits per heavy atom. The Kier molecular flexibility index (Phi) is 3.17. The minimum absolute atomic E-state index is 0.803. The first-order valence-electron chi connectivity index (χ1n) is 5.23. The second-order valence-corrected chi connectivity index (χ2v) is 3.68. The lowest BCUT2D eigenvalue weighted by atomic mass is 10.2. The minimum atomic E-state index is 0.803. The molecule has 2 rings (SSSR count). The highest BCUT2D eigenvalue weighted by atomic mass is 15.2. The molecule has 2 nitrogen and oxygen atoms in total. The van der Waals surface area contributed by atoms with E-state index in [4.69, 9.17) is 0 Å². The van der Waals surface area contributed by atoms with Gasteiger partial charge in [0.15, 0.2) is 0 Å². The third kappa shape index (κ3) is 2.59. The molecule has 1 aromatic carbocycles. The maximum Gasteiger partial charge on any atom is 0.0853 e. The van der Waals surface area contributed by atoms with Gasteiger partial charge in [-0.3, -0.25) is 4.99 Å². The second-order valence-electron chi connectivity index (χ2n) is 3.68. The van der Waals surface area contributed by atoms with E-state index in [2.05, 4.69) is 34.2 Å². The fraction of sp³-hybridized carbons (Fsp3) is 0.417. The van der Waals surface area contributed by atoms with Crippen LogP contribution in [0, 0.1) is 0 Å². The smallest absolute Gasteiger partial charge is 0.0853 e. The van der Waals surface area contributed by atoms with Crippen molar-refractivity contribution in [2.24, 2.45) is 4.99 Å². The van der Waals surface area contributed by atoms with Crippen LogP contribution in [0.2, 0.25) is 0 Å². The van der Waals surface area contributed by atoms with E-state index in [-0.39, 0.29) is 0 Å². The zero-order chi connectivity index (χ0) is 9.64. The summed E-state index contributed by atoms with van der Waals surface area (Å²) in [5.74, 6) is 0. The third-order valence-corrected chi connectivity index (χ3v) is 2.50. The Morgan fingerprint density at radius 2 is 1.86 bits per heavy atom. The van der Waals surface area contributed by atoms with Gasteiger partial charge in [-0.1, -0.05) is 30.3 Å². The van der Waals surface area contributed by atoms with Gasteiger partial charge in [0, 0.05) is 13.1 Å². The van der Waals surface area contributed by atoms with Crippen LogP contribution < -0.4 is 0 Å². The highest BCUT2D eigenvalue weighted by molar-refractivity contribution is 5.55. The molecule has 0 radical (unpaired) electrons. The van der Waals surface area contributed by atoms with Crippen LogP contribution in [0.4, 0.5) is 0 Å². The summed E-state index contributed by atoms with van der Waals surface area (Å²) in [6.45, 7) is 3.16. The first-order chi connectivity index (χ1) is 6.95. The summed E-state index contributed by atoms with van der Waals surface area (Å²) in [7, 11) is 0. The van der Waals surface area contributed by atoms with Gasteiger partial charge in [0.1, 0.15) is 0 Å². The topological polar surface area (TPSA) is 15.6 Å². The van der Waals surface area contributed by atoms with Crippen molar-refractivity contribution in [3.8, 4) is 0 Å². The highest BCUT2D eigenvalue weighted by Gasteiger charge is 2.06. The van der Waals surface area contributed by atoms with E-state index in [9.17, 15) is 0 Å². The average molecular weight is 188 g/mol. The molecule has 14 heavy (non-hydrogen) atoms. The molecule has 0 bridgehead atoms. The minimum Gasteiger partial charge on any atom is -0.363 e. The van der Waals surface area contributed by atoms with E-state index >= 15 is 0 Å². The van der Waals surface area contributed by atoms with Crippen molar-refractivity contribution in [2.45, 2.75) is 19.4 Å². The predicted molar refractivity (Wildman–Crippen MR) is 59.4 cm³/mol. The molecule has 0 spiro atoms. The first kappa shape index (κ1) is 9.25. The van der Waals surface area contributed by atoms with Gasteiger partial charge in [0.05, 0.1) is 12.9 Å². The van der Waals surface area contributed by atoms with E-state index in [0.29, 0.717) is 0 Å². The quantitative estimate of drug-likeness (QED) is 0.525. The van der Waals surface area contributed by atoms with Crippen LogP contribution in [0.3, 0.4) is 0 Å². The Labute approximate surface area is 85.3 Å². The Morgan fingerprint density at radius 1 is 1.14 bits per heavy atom. The third-order valence-electron chi connectivity index (χ3n) is 2.50. The number of hydrogen-bond acceptors (Lipinski definition) is 1. The van der Waals surface area contributed by atoms with Crippen LogP contribution in [0.15, 0.2) is 35.3 Å². The molecule has 1 heterocycles. The lowest BCUT2D eigenvalue weighted by Gasteiger charge is -2.08. The van der Waals surface area contributed by atoms with Crippen LogP contribution in [0.25, 0.3) is 0 Å². The molecule has 0 aromatic heterocycles. The maximum absolute atomic E-state index is 4.42. The summed E-state index contributed by atoms with van der Waals surface area (Å²) in [4.78, 5) is 6.72. The van der Waals surface area contributed by atoms with E-state index < -0.39 is 0 Å². The van der Waals surface area contributed by atoms with Gasteiger partial charge in [-0.05, 0) is 18.4 Å². The Hall–Kier alpha value is -1.31. The standard InChI is InChI=1S/C12H16N2/c1-2-6-12(7-3-1)10-13-11-14-8-4-5-9-14/h1-3,6-7,11H,4-5,8-10H2. The van der Waals surface area contributed by atoms with Crippen molar-refractivity contribution in [2.75, 3.05) is 13.1 Å². The van der Waals surface area contributed by atoms with E-state index in [1.165, 1.54) is 31.5 Å². The lowest BCUT2D eigenvalue weighted by molar-refractivity contribution is 0.533. The molecule has 1 aromatic rings. The monoisotopic (exact) mass is 188 g/mol. The fourth-order valence-electron chi connectivity index (χ4n) is 1.70. The molecule has 0 unspecified atom stereocenters. The maximum atomic E-state index is 4.42. The van der Waals surface area contributed by atoms with Gasteiger partial charge < -0.3 is 4.90 Å². The average Bonchev–Trinajstić information content (AvgIpc) is 2.72. The Balaban J connectivity index is 1.81. The number of nitrogens with zero attached hydrogens (tertiary/aromatic N) is 2. The van der Waals surface area contributed by atoms with Crippen molar-refractivity contribution in [3.63, 3.8) is 0 Å². The summed E-state index contributed by atoms with van der Waals surface area (Å²) in [6.07, 6.45) is 4.63. The van der Waals surface area contributed by atoms with Crippen molar-refractivity contribution in [1.29, 1.82) is 0 Å². The zero-order valence-corrected chi connectivity index (χ0v) is 8.39. The summed E-state index contributed by atoms with van der Waals surface area (Å²) < 4.78 is 0. The fourth-order valence-corrected chi connectivity index (χ4v) is 1.70. The first-order valence-corrected chi connectivity index (χ1v) is 5.23. The van der Waals surface area contributed by atoms with Crippen molar-refractivity contribution < 1.29 is 0 Å². The van der Waals surface area contributed by atoms with Gasteiger partial charge in [0.2, 0.25) is 0 Å². The molecule has 1 aliphatic heterocycles. The highest BCUT2D eigenvalue weighted by Crippen LogP contribution is 2.05. The molecule has 1 aliphatic rings. The van der Waals surface area contributed by atoms with E-state index in [1.807, 2.05) is 12.4 Å². The lowest BCUT2D eigenvalue weighted by Crippen LogP contribution is -2.16. The summed E-state index contributed by atoms with van der Waals surface area (Å²) >= 11 is 0. The van der Waals surface area contributed by atoms with Crippen LogP contribution in [0.1, 0.15) is 18.4 Å². The van der Waals surface area contributed by atoms with Crippen LogP contribution >= 0.6 is 0 Å². The summed E-state index contributed by atoms with van der Waals surface area (Å²) in [6, 6.07) is 10.4. The molecular weight excluding hydrogens is 172 g/mol. The molecule has 0 amide bonds. The SMILES string of the molecule is C(=NCc1ccccc1)N1CCCC1. The van der Waals surface area contributed by atoms with Crippen LogP contribution in [-0.2, 0) is 6.54 Å². The molecule has 0 saturated carbocycles. The van der Waals surface area contributed by atoms with Crippen LogP contribution in [0.5, 0.6) is 0 Å². The van der Waals surface area contributed by atoms with Crippen molar-refractivity contribution in [1.82, 2.24) is 4.90 Å². The van der Waals surface area contributed by atoms with Crippen LogP contribution in [-0.4, -0.2) is 24.3 Å². The number of aliphatic imine (C=N–C) groups is 1. The number of hydrogen-bond donors (Lipinski definition) is 0. The molecule has 0 aliphatic carbocycles. The molecule has 74 valence electrons. The molecule has 1 saturated heterocycles. The number of likely N-dealkylation sites (tertiary alicyclic amines) is 1. The van der Waals surface area contributed by atoms with Gasteiger partial charge in [0.25, 0.3) is 0 Å². The van der Waals surface area contributed by atoms with Gasteiger partial charge in [-0.25, -0.2) is 0 Å². The summed E-state index contributed by atoms with van der Waals surface area (Å²) in [5.41, 5.74) is 1.28. The zero-order valence-electron chi connectivity index (χ0n) is 8.39. The molecule has 0 atom stereocenters. The number of rotatable bonds is 3. The Bertz CT molecular complexity index is 286. The number of benzene rings is 1. The molecule has 0 N–H and O–H groups in total. The van der Waals surface area contributed by atoms with E-state index in [0.717, 1.165) is 6.54 Å².